The van der Waals surface area contributed by atoms with Gasteiger partial charge in [-0.05, 0) is 72.6 Å². The van der Waals surface area contributed by atoms with Crippen molar-refractivity contribution in [2.24, 2.45) is 11.8 Å². The van der Waals surface area contributed by atoms with E-state index in [4.69, 9.17) is 0 Å². The van der Waals surface area contributed by atoms with E-state index in [-0.39, 0.29) is 0 Å². The van der Waals surface area contributed by atoms with Crippen molar-refractivity contribution < 1.29 is 0 Å². The number of rotatable bonds is 5. The fourth-order valence-electron chi connectivity index (χ4n) is 3.80. The van der Waals surface area contributed by atoms with Crippen LogP contribution in [0.2, 0.25) is 0 Å². The molecule has 2 aromatic rings. The second-order valence-electron chi connectivity index (χ2n) is 7.13. The lowest BCUT2D eigenvalue weighted by molar-refractivity contribution is 0.637. The molecule has 0 saturated heterocycles. The second kappa shape index (κ2) is 5.05. The zero-order valence-corrected chi connectivity index (χ0v) is 13.1. The Balaban J connectivity index is 1.84. The van der Waals surface area contributed by atoms with Crippen LogP contribution in [0.4, 0.5) is 0 Å². The Morgan fingerprint density at radius 1 is 0.810 bits per heavy atom. The fourth-order valence-corrected chi connectivity index (χ4v) is 3.80. The lowest BCUT2D eigenvalue weighted by Gasteiger charge is -2.23. The molecule has 1 aromatic heterocycles. The van der Waals surface area contributed by atoms with E-state index >= 15 is 0 Å². The molecule has 0 aliphatic heterocycles. The van der Waals surface area contributed by atoms with E-state index in [2.05, 4.69) is 61.1 Å². The molecule has 2 atom stereocenters. The fraction of sp³-hybridized carbons (Fsp3) is 0.500. The van der Waals surface area contributed by atoms with Crippen molar-refractivity contribution in [3.05, 3.63) is 53.9 Å². The van der Waals surface area contributed by atoms with Gasteiger partial charge in [-0.1, -0.05) is 32.0 Å². The Bertz CT molecular complexity index is 581. The number of benzene rings is 1. The van der Waals surface area contributed by atoms with Gasteiger partial charge in [0.1, 0.15) is 0 Å². The minimum Gasteiger partial charge on any atom is -0.323 e. The molecule has 2 aliphatic carbocycles. The molecule has 1 aromatic carbocycles. The maximum atomic E-state index is 2.42. The van der Waals surface area contributed by atoms with Gasteiger partial charge >= 0.3 is 0 Å². The van der Waals surface area contributed by atoms with Crippen LogP contribution in [-0.2, 0) is 0 Å². The molecule has 110 valence electrons. The summed E-state index contributed by atoms with van der Waals surface area (Å²) in [6, 6.07) is 11.3. The van der Waals surface area contributed by atoms with Crippen molar-refractivity contribution in [2.75, 3.05) is 0 Å². The van der Waals surface area contributed by atoms with Crippen molar-refractivity contribution >= 4 is 0 Å². The van der Waals surface area contributed by atoms with Crippen LogP contribution in [0.5, 0.6) is 0 Å². The van der Waals surface area contributed by atoms with E-state index in [1.165, 1.54) is 31.4 Å². The van der Waals surface area contributed by atoms with Gasteiger partial charge in [-0.2, -0.15) is 0 Å². The molecule has 2 aliphatic rings. The minimum absolute atomic E-state index is 0.689. The molecule has 0 amide bonds. The average molecular weight is 279 g/mol. The van der Waals surface area contributed by atoms with Gasteiger partial charge < -0.3 is 4.57 Å². The molecule has 21 heavy (non-hydrogen) atoms. The Morgan fingerprint density at radius 3 is 1.71 bits per heavy atom. The topological polar surface area (TPSA) is 4.93 Å². The Hall–Kier alpha value is -1.50. The first-order chi connectivity index (χ1) is 10.3. The molecule has 1 heteroatoms. The van der Waals surface area contributed by atoms with Crippen LogP contribution < -0.4 is 0 Å². The van der Waals surface area contributed by atoms with Crippen molar-refractivity contribution in [3.63, 3.8) is 0 Å². The smallest absolute Gasteiger partial charge is 0.0518 e. The molecular formula is C20H25N. The number of aromatic nitrogens is 1. The summed E-state index contributed by atoms with van der Waals surface area (Å²) in [6.07, 6.45) is 10.1. The number of nitrogens with zero attached hydrogens (tertiary/aromatic N) is 1. The quantitative estimate of drug-likeness (QED) is 0.680. The zero-order chi connectivity index (χ0) is 14.4. The van der Waals surface area contributed by atoms with Gasteiger partial charge in [0.15, 0.2) is 0 Å². The van der Waals surface area contributed by atoms with E-state index in [1.54, 1.807) is 11.1 Å². The maximum absolute atomic E-state index is 2.42. The van der Waals surface area contributed by atoms with Crippen molar-refractivity contribution in [3.8, 4) is 5.69 Å². The van der Waals surface area contributed by atoms with E-state index in [1.807, 2.05) is 0 Å². The molecule has 4 rings (SSSR count). The zero-order valence-electron chi connectivity index (χ0n) is 13.1. The van der Waals surface area contributed by atoms with E-state index in [0.29, 0.717) is 11.8 Å². The molecule has 0 bridgehead atoms. The monoisotopic (exact) mass is 279 g/mol. The average Bonchev–Trinajstić information content (AvgIpc) is 3.43. The summed E-state index contributed by atoms with van der Waals surface area (Å²) in [4.78, 5) is 0. The summed E-state index contributed by atoms with van der Waals surface area (Å²) >= 11 is 0. The normalized spacial score (nSPS) is 21.2. The van der Waals surface area contributed by atoms with Gasteiger partial charge in [0.25, 0.3) is 0 Å². The maximum Gasteiger partial charge on any atom is 0.0518 e. The molecule has 0 spiro atoms. The molecule has 2 fully saturated rings. The molecule has 2 saturated carbocycles. The third-order valence-electron chi connectivity index (χ3n) is 5.60. The highest BCUT2D eigenvalue weighted by atomic mass is 14.9. The van der Waals surface area contributed by atoms with Crippen LogP contribution in [0, 0.1) is 11.8 Å². The van der Waals surface area contributed by atoms with Gasteiger partial charge in [-0.25, -0.2) is 0 Å². The van der Waals surface area contributed by atoms with E-state index in [9.17, 15) is 0 Å². The second-order valence-corrected chi connectivity index (χ2v) is 7.13. The molecule has 0 unspecified atom stereocenters. The summed E-state index contributed by atoms with van der Waals surface area (Å²) in [5.41, 5.74) is 4.58. The van der Waals surface area contributed by atoms with Crippen LogP contribution in [-0.4, -0.2) is 4.57 Å². The van der Waals surface area contributed by atoms with Gasteiger partial charge in [0.05, 0.1) is 5.69 Å². The van der Waals surface area contributed by atoms with Crippen molar-refractivity contribution in [1.82, 2.24) is 4.57 Å². The minimum atomic E-state index is 0.689. The SMILES string of the molecule is C[C@@H](c1cccc([C@H](C)C2CC2)c1-n1cccc1)C1CC1. The standard InChI is InChI=1S/C20H25N/c1-14(16-8-9-16)18-6-5-7-19(15(2)17-10-11-17)20(18)21-12-3-4-13-21/h3-7,12-17H,8-11H2,1-2H3/t14-,15-/m1/s1. The number of hydrogen-bond acceptors (Lipinski definition) is 0. The third kappa shape index (κ3) is 2.43. The molecule has 1 nitrogen and oxygen atoms in total. The highest BCUT2D eigenvalue weighted by molar-refractivity contribution is 5.52. The van der Waals surface area contributed by atoms with E-state index < -0.39 is 0 Å². The Labute approximate surface area is 128 Å². The van der Waals surface area contributed by atoms with Crippen LogP contribution >= 0.6 is 0 Å². The summed E-state index contributed by atoms with van der Waals surface area (Å²) in [6.45, 7) is 4.84. The highest BCUT2D eigenvalue weighted by Crippen LogP contribution is 2.48. The summed E-state index contributed by atoms with van der Waals surface area (Å²) in [5, 5.41) is 0. The van der Waals surface area contributed by atoms with Crippen LogP contribution in [0.3, 0.4) is 0 Å². The van der Waals surface area contributed by atoms with Crippen LogP contribution in [0.1, 0.15) is 62.5 Å². The summed E-state index contributed by atoms with van der Waals surface area (Å²) in [7, 11) is 0. The predicted molar refractivity (Wildman–Crippen MR) is 88.0 cm³/mol. The Kier molecular flexibility index (Phi) is 3.17. The first-order valence-corrected chi connectivity index (χ1v) is 8.52. The largest absolute Gasteiger partial charge is 0.323 e. The lowest BCUT2D eigenvalue weighted by atomic mass is 9.87. The lowest BCUT2D eigenvalue weighted by Crippen LogP contribution is -2.09. The van der Waals surface area contributed by atoms with Crippen molar-refractivity contribution in [1.29, 1.82) is 0 Å². The first-order valence-electron chi connectivity index (χ1n) is 8.52. The van der Waals surface area contributed by atoms with Crippen LogP contribution in [0.25, 0.3) is 5.69 Å². The molecule has 0 N–H and O–H groups in total. The third-order valence-corrected chi connectivity index (χ3v) is 5.60. The first kappa shape index (κ1) is 13.2. The van der Waals surface area contributed by atoms with Crippen LogP contribution in [0.15, 0.2) is 42.7 Å². The number of hydrogen-bond donors (Lipinski definition) is 0. The van der Waals surface area contributed by atoms with Gasteiger partial charge in [-0.3, -0.25) is 0 Å². The van der Waals surface area contributed by atoms with Crippen molar-refractivity contribution in [2.45, 2.75) is 51.4 Å². The van der Waals surface area contributed by atoms with Gasteiger partial charge in [0, 0.05) is 12.4 Å². The molecular weight excluding hydrogens is 254 g/mol. The molecule has 0 radical (unpaired) electrons. The summed E-state index contributed by atoms with van der Waals surface area (Å²) < 4.78 is 2.35. The van der Waals surface area contributed by atoms with Gasteiger partial charge in [0.2, 0.25) is 0 Å². The predicted octanol–water partition coefficient (Wildman–Crippen LogP) is 5.50. The highest BCUT2D eigenvalue weighted by Gasteiger charge is 2.34. The Morgan fingerprint density at radius 2 is 1.29 bits per heavy atom. The van der Waals surface area contributed by atoms with Gasteiger partial charge in [-0.15, -0.1) is 0 Å². The van der Waals surface area contributed by atoms with E-state index in [0.717, 1.165) is 11.8 Å². The summed E-state index contributed by atoms with van der Waals surface area (Å²) in [5.74, 6) is 3.19. The molecule has 1 heterocycles. The number of para-hydroxylation sites is 1.